The molecule has 4 rings (SSSR count). The van der Waals surface area contributed by atoms with E-state index in [1.54, 1.807) is 6.08 Å². The molecule has 7 heteroatoms. The van der Waals surface area contributed by atoms with Crippen LogP contribution in [0.5, 0.6) is 11.5 Å². The van der Waals surface area contributed by atoms with Crippen LogP contribution in [-0.4, -0.2) is 23.4 Å². The Labute approximate surface area is 140 Å². The number of hydrogen-bond donors (Lipinski definition) is 1. The van der Waals surface area contributed by atoms with Gasteiger partial charge in [-0.15, -0.1) is 12.4 Å². The minimum atomic E-state index is -0.396. The van der Waals surface area contributed by atoms with E-state index in [1.807, 2.05) is 24.3 Å². The van der Waals surface area contributed by atoms with Crippen LogP contribution in [0.1, 0.15) is 36.5 Å². The van der Waals surface area contributed by atoms with E-state index in [0.717, 1.165) is 36.3 Å². The maximum absolute atomic E-state index is 6.18. The number of rotatable bonds is 3. The van der Waals surface area contributed by atoms with Gasteiger partial charge in [0, 0.05) is 6.08 Å². The summed E-state index contributed by atoms with van der Waals surface area (Å²) in [5.41, 5.74) is 6.77. The first-order valence-corrected chi connectivity index (χ1v) is 7.44. The fourth-order valence-corrected chi connectivity index (χ4v) is 2.62. The molecule has 0 amide bonds. The van der Waals surface area contributed by atoms with E-state index in [1.165, 1.54) is 0 Å². The number of ether oxygens (including phenoxy) is 2. The molecule has 1 aliphatic heterocycles. The van der Waals surface area contributed by atoms with Gasteiger partial charge in [0.05, 0.1) is 5.54 Å². The van der Waals surface area contributed by atoms with Crippen LogP contribution < -0.4 is 15.2 Å². The minimum absolute atomic E-state index is 0. The Kier molecular flexibility index (Phi) is 4.28. The van der Waals surface area contributed by atoms with Crippen molar-refractivity contribution in [2.45, 2.75) is 24.8 Å². The number of halogens is 1. The number of benzene rings is 1. The summed E-state index contributed by atoms with van der Waals surface area (Å²) in [5, 5.41) is 3.99. The number of nitrogens with zero attached hydrogens (tertiary/aromatic N) is 2. The number of hydrogen-bond acceptors (Lipinski definition) is 6. The fraction of sp³-hybridized carbons (Fsp3) is 0.375. The molecular weight excluding hydrogens is 318 g/mol. The van der Waals surface area contributed by atoms with Gasteiger partial charge in [0.15, 0.2) is 17.3 Å². The SMILES string of the molecule is Cl.NC1(c2noc(/C=C/c3ccc4c(c3)OCCO4)n2)CCC1. The third-order valence-electron chi connectivity index (χ3n) is 4.12. The van der Waals surface area contributed by atoms with Gasteiger partial charge in [0.25, 0.3) is 5.89 Å². The largest absolute Gasteiger partial charge is 0.486 e. The predicted octanol–water partition coefficient (Wildman–Crippen LogP) is 2.77. The van der Waals surface area contributed by atoms with Crippen LogP contribution in [0, 0.1) is 0 Å². The molecule has 122 valence electrons. The van der Waals surface area contributed by atoms with Crippen molar-refractivity contribution in [3.8, 4) is 11.5 Å². The Hall–Kier alpha value is -2.05. The van der Waals surface area contributed by atoms with Crippen molar-refractivity contribution >= 4 is 24.6 Å². The third-order valence-corrected chi connectivity index (χ3v) is 4.12. The van der Waals surface area contributed by atoms with Crippen LogP contribution in [0.4, 0.5) is 0 Å². The topological polar surface area (TPSA) is 83.4 Å². The summed E-state index contributed by atoms with van der Waals surface area (Å²) in [5.74, 6) is 2.59. The maximum Gasteiger partial charge on any atom is 0.250 e. The number of fused-ring (bicyclic) bond motifs is 1. The lowest BCUT2D eigenvalue weighted by atomic mass is 9.77. The van der Waals surface area contributed by atoms with E-state index in [0.29, 0.717) is 24.9 Å². The first kappa shape index (κ1) is 15.8. The predicted molar refractivity (Wildman–Crippen MR) is 87.6 cm³/mol. The molecule has 0 saturated heterocycles. The molecule has 23 heavy (non-hydrogen) atoms. The highest BCUT2D eigenvalue weighted by Gasteiger charge is 2.38. The van der Waals surface area contributed by atoms with E-state index in [9.17, 15) is 0 Å². The van der Waals surface area contributed by atoms with Gasteiger partial charge in [-0.1, -0.05) is 11.2 Å². The monoisotopic (exact) mass is 335 g/mol. The quantitative estimate of drug-likeness (QED) is 0.928. The Morgan fingerprint density at radius 2 is 1.87 bits per heavy atom. The highest BCUT2D eigenvalue weighted by atomic mass is 35.5. The van der Waals surface area contributed by atoms with E-state index in [4.69, 9.17) is 19.7 Å². The van der Waals surface area contributed by atoms with E-state index < -0.39 is 5.54 Å². The second kappa shape index (κ2) is 6.22. The minimum Gasteiger partial charge on any atom is -0.486 e. The van der Waals surface area contributed by atoms with Crippen molar-refractivity contribution in [3.63, 3.8) is 0 Å². The van der Waals surface area contributed by atoms with Crippen LogP contribution >= 0.6 is 12.4 Å². The molecule has 1 saturated carbocycles. The lowest BCUT2D eigenvalue weighted by Gasteiger charge is -2.34. The molecule has 6 nitrogen and oxygen atoms in total. The molecule has 2 heterocycles. The number of aromatic nitrogens is 2. The number of nitrogens with two attached hydrogens (primary N) is 1. The van der Waals surface area contributed by atoms with Crippen molar-refractivity contribution in [3.05, 3.63) is 35.5 Å². The van der Waals surface area contributed by atoms with E-state index in [-0.39, 0.29) is 12.4 Å². The zero-order valence-corrected chi connectivity index (χ0v) is 13.3. The van der Waals surface area contributed by atoms with Gasteiger partial charge in [-0.2, -0.15) is 4.98 Å². The first-order valence-electron chi connectivity index (χ1n) is 7.44. The molecule has 1 aliphatic carbocycles. The lowest BCUT2D eigenvalue weighted by molar-refractivity contribution is 0.171. The molecule has 1 aromatic carbocycles. The first-order chi connectivity index (χ1) is 10.7. The molecule has 0 spiro atoms. The van der Waals surface area contributed by atoms with E-state index >= 15 is 0 Å². The van der Waals surface area contributed by atoms with Crippen LogP contribution in [-0.2, 0) is 5.54 Å². The Morgan fingerprint density at radius 3 is 2.61 bits per heavy atom. The second-order valence-electron chi connectivity index (χ2n) is 5.70. The van der Waals surface area contributed by atoms with Gasteiger partial charge < -0.3 is 19.7 Å². The molecule has 2 aromatic rings. The second-order valence-corrected chi connectivity index (χ2v) is 5.70. The maximum atomic E-state index is 6.18. The summed E-state index contributed by atoms with van der Waals surface area (Å²) in [6.07, 6.45) is 6.63. The zero-order valence-electron chi connectivity index (χ0n) is 12.5. The van der Waals surface area contributed by atoms with Gasteiger partial charge in [0.1, 0.15) is 13.2 Å². The van der Waals surface area contributed by atoms with Crippen LogP contribution in [0.2, 0.25) is 0 Å². The fourth-order valence-electron chi connectivity index (χ4n) is 2.62. The van der Waals surface area contributed by atoms with Gasteiger partial charge in [0.2, 0.25) is 0 Å². The van der Waals surface area contributed by atoms with Crippen LogP contribution in [0.15, 0.2) is 22.7 Å². The van der Waals surface area contributed by atoms with Crippen molar-refractivity contribution in [2.75, 3.05) is 13.2 Å². The van der Waals surface area contributed by atoms with Gasteiger partial charge in [-0.05, 0) is 43.0 Å². The average Bonchev–Trinajstić information content (AvgIpc) is 3.00. The summed E-state index contributed by atoms with van der Waals surface area (Å²) in [4.78, 5) is 4.36. The normalized spacial score (nSPS) is 18.3. The summed E-state index contributed by atoms with van der Waals surface area (Å²) in [7, 11) is 0. The Bertz CT molecular complexity index is 725. The molecule has 0 atom stereocenters. The molecule has 2 aliphatic rings. The third kappa shape index (κ3) is 3.04. The lowest BCUT2D eigenvalue weighted by Crippen LogP contribution is -2.44. The molecule has 0 bridgehead atoms. The van der Waals surface area contributed by atoms with Crippen molar-refractivity contribution in [2.24, 2.45) is 5.73 Å². The van der Waals surface area contributed by atoms with Gasteiger partial charge in [-0.3, -0.25) is 0 Å². The van der Waals surface area contributed by atoms with Gasteiger partial charge >= 0.3 is 0 Å². The highest BCUT2D eigenvalue weighted by Crippen LogP contribution is 2.37. The summed E-state index contributed by atoms with van der Waals surface area (Å²) in [6, 6.07) is 5.78. The molecule has 0 radical (unpaired) electrons. The Morgan fingerprint density at radius 1 is 1.09 bits per heavy atom. The molecule has 1 aromatic heterocycles. The van der Waals surface area contributed by atoms with Gasteiger partial charge in [-0.25, -0.2) is 0 Å². The highest BCUT2D eigenvalue weighted by molar-refractivity contribution is 5.85. The Balaban J connectivity index is 0.00000156. The molecule has 2 N–H and O–H groups in total. The van der Waals surface area contributed by atoms with Crippen molar-refractivity contribution in [1.29, 1.82) is 0 Å². The van der Waals surface area contributed by atoms with Crippen LogP contribution in [0.25, 0.3) is 12.2 Å². The average molecular weight is 336 g/mol. The standard InChI is InChI=1S/C16H17N3O3.ClH/c17-16(6-1-7-16)15-18-14(22-19-15)5-3-11-2-4-12-13(10-11)21-9-8-20-12;/h2-5,10H,1,6-9,17H2;1H/b5-3+;. The summed E-state index contributed by atoms with van der Waals surface area (Å²) in [6.45, 7) is 1.17. The van der Waals surface area contributed by atoms with E-state index in [2.05, 4.69) is 10.1 Å². The summed E-state index contributed by atoms with van der Waals surface area (Å²) >= 11 is 0. The molecule has 1 fully saturated rings. The zero-order chi connectivity index (χ0) is 15.0. The summed E-state index contributed by atoms with van der Waals surface area (Å²) < 4.78 is 16.3. The van der Waals surface area contributed by atoms with Crippen molar-refractivity contribution in [1.82, 2.24) is 10.1 Å². The van der Waals surface area contributed by atoms with Crippen LogP contribution in [0.3, 0.4) is 0 Å². The molecule has 0 unspecified atom stereocenters. The smallest absolute Gasteiger partial charge is 0.250 e. The molecular formula is C16H18ClN3O3. The van der Waals surface area contributed by atoms with Crippen molar-refractivity contribution < 1.29 is 14.0 Å².